The fraction of sp³-hybridized carbons (Fsp3) is 0.304. The van der Waals surface area contributed by atoms with Gasteiger partial charge in [0.1, 0.15) is 0 Å². The van der Waals surface area contributed by atoms with Crippen molar-refractivity contribution in [2.24, 2.45) is 5.92 Å². The van der Waals surface area contributed by atoms with E-state index in [4.69, 9.17) is 9.47 Å². The molecular weight excluding hydrogens is 400 g/mol. The predicted molar refractivity (Wildman–Crippen MR) is 114 cm³/mol. The Balaban J connectivity index is 1.49. The molecule has 1 saturated heterocycles. The first kappa shape index (κ1) is 22.0. The lowest BCUT2D eigenvalue weighted by Gasteiger charge is -2.18. The molecule has 2 amide bonds. The van der Waals surface area contributed by atoms with Crippen molar-refractivity contribution >= 4 is 35.1 Å². The number of hydrogen-bond acceptors (Lipinski definition) is 6. The van der Waals surface area contributed by atoms with Crippen LogP contribution in [0.2, 0.25) is 0 Å². The molecule has 8 nitrogen and oxygen atoms in total. The summed E-state index contributed by atoms with van der Waals surface area (Å²) in [5.41, 5.74) is 2.54. The summed E-state index contributed by atoms with van der Waals surface area (Å²) in [4.78, 5) is 50.0. The van der Waals surface area contributed by atoms with Crippen LogP contribution in [0.4, 0.5) is 11.4 Å². The predicted octanol–water partition coefficient (Wildman–Crippen LogP) is 2.71. The van der Waals surface area contributed by atoms with Crippen LogP contribution < -0.4 is 10.2 Å². The molecule has 1 heterocycles. The summed E-state index contributed by atoms with van der Waals surface area (Å²) >= 11 is 0. The van der Waals surface area contributed by atoms with E-state index in [1.165, 1.54) is 12.1 Å². The number of carbonyl (C=O) groups excluding carboxylic acids is 4. The highest BCUT2D eigenvalue weighted by Gasteiger charge is 2.36. The number of para-hydroxylation sites is 1. The van der Waals surface area contributed by atoms with Crippen LogP contribution in [-0.2, 0) is 23.9 Å². The zero-order chi connectivity index (χ0) is 22.4. The highest BCUT2D eigenvalue weighted by molar-refractivity contribution is 6.00. The van der Waals surface area contributed by atoms with Gasteiger partial charge in [0.2, 0.25) is 5.91 Å². The lowest BCUT2D eigenvalue weighted by molar-refractivity contribution is -0.151. The molecule has 0 radical (unpaired) electrons. The Labute approximate surface area is 180 Å². The summed E-state index contributed by atoms with van der Waals surface area (Å²) in [6, 6.07) is 13.6. The van der Waals surface area contributed by atoms with Crippen molar-refractivity contribution in [3.8, 4) is 0 Å². The molecule has 1 fully saturated rings. The molecule has 162 valence electrons. The Hall–Kier alpha value is -3.68. The van der Waals surface area contributed by atoms with Gasteiger partial charge in [-0.15, -0.1) is 0 Å². The van der Waals surface area contributed by atoms with E-state index < -0.39 is 30.4 Å². The fourth-order valence-corrected chi connectivity index (χ4v) is 3.32. The van der Waals surface area contributed by atoms with Gasteiger partial charge in [0.25, 0.3) is 5.91 Å². The zero-order valence-corrected chi connectivity index (χ0v) is 17.4. The van der Waals surface area contributed by atoms with Crippen LogP contribution in [0.25, 0.3) is 0 Å². The van der Waals surface area contributed by atoms with Gasteiger partial charge in [-0.1, -0.05) is 18.2 Å². The maximum atomic E-state index is 12.4. The van der Waals surface area contributed by atoms with E-state index in [2.05, 4.69) is 5.32 Å². The van der Waals surface area contributed by atoms with Gasteiger partial charge in [-0.05, 0) is 49.7 Å². The molecule has 1 aliphatic rings. The molecule has 2 aromatic rings. The average molecular weight is 424 g/mol. The molecule has 1 aliphatic heterocycles. The quantitative estimate of drug-likeness (QED) is 0.686. The molecule has 0 unspecified atom stereocenters. The Kier molecular flexibility index (Phi) is 7.02. The van der Waals surface area contributed by atoms with Crippen LogP contribution in [-0.4, -0.2) is 43.5 Å². The number of aryl methyl sites for hydroxylation is 1. The molecule has 0 bridgehead atoms. The van der Waals surface area contributed by atoms with Gasteiger partial charge in [0.05, 0.1) is 18.1 Å². The van der Waals surface area contributed by atoms with Gasteiger partial charge in [-0.25, -0.2) is 4.79 Å². The van der Waals surface area contributed by atoms with Crippen molar-refractivity contribution < 1.29 is 28.7 Å². The molecule has 0 spiro atoms. The number of esters is 2. The lowest BCUT2D eigenvalue weighted by Crippen LogP contribution is -2.28. The van der Waals surface area contributed by atoms with Crippen LogP contribution in [0.5, 0.6) is 0 Å². The Morgan fingerprint density at radius 3 is 2.45 bits per heavy atom. The van der Waals surface area contributed by atoms with Crippen LogP contribution in [0, 0.1) is 12.8 Å². The van der Waals surface area contributed by atoms with Gasteiger partial charge in [-0.2, -0.15) is 0 Å². The Morgan fingerprint density at radius 1 is 1.06 bits per heavy atom. The maximum absolute atomic E-state index is 12.4. The Bertz CT molecular complexity index is 986. The summed E-state index contributed by atoms with van der Waals surface area (Å²) in [5, 5.41) is 2.59. The molecule has 0 aromatic heterocycles. The third-order valence-electron chi connectivity index (χ3n) is 4.89. The molecule has 8 heteroatoms. The van der Waals surface area contributed by atoms with E-state index in [1.54, 1.807) is 24.0 Å². The van der Waals surface area contributed by atoms with Crippen molar-refractivity contribution in [3.63, 3.8) is 0 Å². The van der Waals surface area contributed by atoms with Gasteiger partial charge >= 0.3 is 11.9 Å². The summed E-state index contributed by atoms with van der Waals surface area (Å²) in [5.74, 6) is -2.32. The third-order valence-corrected chi connectivity index (χ3v) is 4.89. The number of ether oxygens (including phenoxy) is 2. The number of anilines is 2. The van der Waals surface area contributed by atoms with Crippen LogP contribution in [0.3, 0.4) is 0 Å². The van der Waals surface area contributed by atoms with E-state index in [9.17, 15) is 19.2 Å². The van der Waals surface area contributed by atoms with E-state index >= 15 is 0 Å². The summed E-state index contributed by atoms with van der Waals surface area (Å²) in [6.07, 6.45) is 0.0457. The van der Waals surface area contributed by atoms with Gasteiger partial charge in [0.15, 0.2) is 6.61 Å². The number of amides is 2. The SMILES string of the molecule is CCOC(=O)c1ccc(NC(=O)COC(=O)[C@@H]2CC(=O)N(c3ccccc3C)C2)cc1. The first-order valence-corrected chi connectivity index (χ1v) is 9.98. The van der Waals surface area contributed by atoms with E-state index in [0.717, 1.165) is 11.3 Å². The molecule has 0 saturated carbocycles. The number of nitrogens with zero attached hydrogens (tertiary/aromatic N) is 1. The minimum Gasteiger partial charge on any atom is -0.462 e. The van der Waals surface area contributed by atoms with E-state index in [1.807, 2.05) is 31.2 Å². The maximum Gasteiger partial charge on any atom is 0.338 e. The summed E-state index contributed by atoms with van der Waals surface area (Å²) in [6.45, 7) is 3.65. The number of benzene rings is 2. The van der Waals surface area contributed by atoms with Gasteiger partial charge in [-0.3, -0.25) is 14.4 Å². The Morgan fingerprint density at radius 2 is 1.77 bits per heavy atom. The molecule has 3 rings (SSSR count). The van der Waals surface area contributed by atoms with Crippen molar-refractivity contribution in [1.29, 1.82) is 0 Å². The number of rotatable bonds is 7. The first-order valence-electron chi connectivity index (χ1n) is 9.98. The molecule has 31 heavy (non-hydrogen) atoms. The molecule has 1 N–H and O–H groups in total. The number of carbonyl (C=O) groups is 4. The second kappa shape index (κ2) is 9.88. The lowest BCUT2D eigenvalue weighted by atomic mass is 10.1. The van der Waals surface area contributed by atoms with Gasteiger partial charge < -0.3 is 19.7 Å². The van der Waals surface area contributed by atoms with Crippen LogP contribution >= 0.6 is 0 Å². The minimum atomic E-state index is -0.622. The molecular formula is C23H24N2O6. The standard InChI is InChI=1S/C23H24N2O6/c1-3-30-22(28)16-8-10-18(11-9-16)24-20(26)14-31-23(29)17-12-21(27)25(13-17)19-7-5-4-6-15(19)2/h4-11,17H,3,12-14H2,1-2H3,(H,24,26)/t17-/m1/s1. The average Bonchev–Trinajstić information content (AvgIpc) is 3.14. The third kappa shape index (κ3) is 5.48. The highest BCUT2D eigenvalue weighted by atomic mass is 16.5. The number of nitrogens with one attached hydrogen (secondary N) is 1. The fourth-order valence-electron chi connectivity index (χ4n) is 3.32. The van der Waals surface area contributed by atoms with Crippen molar-refractivity contribution in [1.82, 2.24) is 0 Å². The smallest absolute Gasteiger partial charge is 0.338 e. The second-order valence-electron chi connectivity index (χ2n) is 7.15. The van der Waals surface area contributed by atoms with Crippen LogP contribution in [0.1, 0.15) is 29.3 Å². The van der Waals surface area contributed by atoms with Crippen molar-refractivity contribution in [3.05, 3.63) is 59.7 Å². The highest BCUT2D eigenvalue weighted by Crippen LogP contribution is 2.28. The summed E-state index contributed by atoms with van der Waals surface area (Å²) in [7, 11) is 0. The van der Waals surface area contributed by atoms with Crippen molar-refractivity contribution in [2.45, 2.75) is 20.3 Å². The number of hydrogen-bond donors (Lipinski definition) is 1. The molecule has 0 aliphatic carbocycles. The first-order chi connectivity index (χ1) is 14.9. The molecule has 2 aromatic carbocycles. The zero-order valence-electron chi connectivity index (χ0n) is 17.4. The van der Waals surface area contributed by atoms with Gasteiger partial charge in [0, 0.05) is 24.3 Å². The topological polar surface area (TPSA) is 102 Å². The van der Waals surface area contributed by atoms with E-state index in [-0.39, 0.29) is 25.5 Å². The second-order valence-corrected chi connectivity index (χ2v) is 7.15. The monoisotopic (exact) mass is 424 g/mol. The van der Waals surface area contributed by atoms with Crippen molar-refractivity contribution in [2.75, 3.05) is 30.0 Å². The molecule has 1 atom stereocenters. The summed E-state index contributed by atoms with van der Waals surface area (Å²) < 4.78 is 10.0. The normalized spacial score (nSPS) is 15.5. The largest absolute Gasteiger partial charge is 0.462 e. The minimum absolute atomic E-state index is 0.0457. The van der Waals surface area contributed by atoms with E-state index in [0.29, 0.717) is 11.3 Å². The van der Waals surface area contributed by atoms with Crippen LogP contribution in [0.15, 0.2) is 48.5 Å².